The number of carbonyl (C=O) groups is 3. The van der Waals surface area contributed by atoms with E-state index in [1.807, 2.05) is 0 Å². The van der Waals surface area contributed by atoms with E-state index in [0.29, 0.717) is 37.0 Å². The second-order valence-corrected chi connectivity index (χ2v) is 8.69. The third kappa shape index (κ3) is 7.77. The van der Waals surface area contributed by atoms with Crippen LogP contribution in [-0.2, 0) is 11.0 Å². The maximum atomic E-state index is 12.7. The summed E-state index contributed by atoms with van der Waals surface area (Å²) in [6, 6.07) is 8.42. The van der Waals surface area contributed by atoms with E-state index in [1.165, 1.54) is 0 Å². The molecule has 4 N–H and O–H groups in total. The number of carbonyl (C=O) groups excluding carboxylic acids is 2. The molecule has 1 aliphatic carbocycles. The van der Waals surface area contributed by atoms with Crippen molar-refractivity contribution in [3.8, 4) is 5.75 Å². The summed E-state index contributed by atoms with van der Waals surface area (Å²) in [5.41, 5.74) is -0.523. The van der Waals surface area contributed by atoms with Crippen LogP contribution in [0.1, 0.15) is 41.6 Å². The average molecular weight is 528 g/mol. The van der Waals surface area contributed by atoms with Crippen LogP contribution in [-0.4, -0.2) is 42.2 Å². The molecule has 2 aromatic rings. The van der Waals surface area contributed by atoms with Gasteiger partial charge >= 0.3 is 18.2 Å². The number of rotatable bonds is 8. The third-order valence-corrected chi connectivity index (χ3v) is 6.00. The van der Waals surface area contributed by atoms with Gasteiger partial charge in [0.1, 0.15) is 5.75 Å². The second kappa shape index (κ2) is 12.0. The van der Waals surface area contributed by atoms with Crippen LogP contribution in [0.4, 0.5) is 23.7 Å². The Morgan fingerprint density at radius 1 is 0.972 bits per heavy atom. The monoisotopic (exact) mass is 527 g/mol. The minimum Gasteiger partial charge on any atom is -0.490 e. The van der Waals surface area contributed by atoms with Crippen molar-refractivity contribution in [2.45, 2.75) is 38.0 Å². The Hall–Kier alpha value is -3.47. The highest BCUT2D eigenvalue weighted by Crippen LogP contribution is 2.33. The molecular formula is C24H25ClF3N3O5. The van der Waals surface area contributed by atoms with Gasteiger partial charge in [0, 0.05) is 18.7 Å². The minimum absolute atomic E-state index is 0.0171. The number of carboxylic acid groups (broad SMARTS) is 1. The van der Waals surface area contributed by atoms with Crippen molar-refractivity contribution in [1.82, 2.24) is 10.6 Å². The van der Waals surface area contributed by atoms with Crippen LogP contribution in [0, 0.1) is 5.92 Å². The summed E-state index contributed by atoms with van der Waals surface area (Å²) in [4.78, 5) is 35.3. The van der Waals surface area contributed by atoms with E-state index in [2.05, 4.69) is 16.0 Å². The summed E-state index contributed by atoms with van der Waals surface area (Å²) in [7, 11) is 0. The molecule has 1 fully saturated rings. The Bertz CT molecular complexity index is 1090. The lowest BCUT2D eigenvalue weighted by Crippen LogP contribution is -2.36. The highest BCUT2D eigenvalue weighted by molar-refractivity contribution is 6.33. The van der Waals surface area contributed by atoms with Crippen LogP contribution in [0.25, 0.3) is 0 Å². The maximum absolute atomic E-state index is 12.7. The summed E-state index contributed by atoms with van der Waals surface area (Å²) < 4.78 is 43.9. The van der Waals surface area contributed by atoms with E-state index in [4.69, 9.17) is 21.4 Å². The Morgan fingerprint density at radius 2 is 1.61 bits per heavy atom. The molecule has 1 saturated carbocycles. The van der Waals surface area contributed by atoms with Crippen molar-refractivity contribution in [1.29, 1.82) is 0 Å². The number of urea groups is 1. The number of halogens is 4. The van der Waals surface area contributed by atoms with E-state index < -0.39 is 23.7 Å². The predicted octanol–water partition coefficient (Wildman–Crippen LogP) is 4.93. The van der Waals surface area contributed by atoms with Gasteiger partial charge < -0.3 is 25.8 Å². The highest BCUT2D eigenvalue weighted by atomic mass is 35.5. The Kier molecular flexibility index (Phi) is 9.03. The van der Waals surface area contributed by atoms with Crippen LogP contribution in [0.15, 0.2) is 42.5 Å². The van der Waals surface area contributed by atoms with Crippen molar-refractivity contribution >= 4 is 35.2 Å². The van der Waals surface area contributed by atoms with E-state index >= 15 is 0 Å². The zero-order valence-corrected chi connectivity index (χ0v) is 19.8. The van der Waals surface area contributed by atoms with Crippen molar-refractivity contribution < 1.29 is 37.4 Å². The number of nitrogens with one attached hydrogen (secondary N) is 3. The largest absolute Gasteiger partial charge is 0.490 e. The molecule has 0 spiro atoms. The van der Waals surface area contributed by atoms with Crippen molar-refractivity contribution in [2.24, 2.45) is 5.92 Å². The van der Waals surface area contributed by atoms with Gasteiger partial charge in [0.15, 0.2) is 0 Å². The van der Waals surface area contributed by atoms with Gasteiger partial charge in [-0.15, -0.1) is 0 Å². The Balaban J connectivity index is 1.37. The Labute approximate surface area is 210 Å². The Morgan fingerprint density at radius 3 is 2.19 bits per heavy atom. The molecule has 0 aromatic heterocycles. The SMILES string of the molecule is O=C(NCCNC(=O)c1ccc(OC2CCC(C(=O)O)CC2)cc1)Nc1ccc(C(F)(F)F)cc1Cl. The molecule has 8 nitrogen and oxygen atoms in total. The fraction of sp³-hybridized carbons (Fsp3) is 0.375. The number of hydrogen-bond donors (Lipinski definition) is 4. The molecule has 0 radical (unpaired) electrons. The number of amides is 3. The van der Waals surface area contributed by atoms with Crippen LogP contribution >= 0.6 is 11.6 Å². The summed E-state index contributed by atoms with van der Waals surface area (Å²) in [6.07, 6.45) is -2.14. The second-order valence-electron chi connectivity index (χ2n) is 8.28. The first-order valence-electron chi connectivity index (χ1n) is 11.2. The topological polar surface area (TPSA) is 117 Å². The molecule has 12 heteroatoms. The van der Waals surface area contributed by atoms with Gasteiger partial charge in [-0.3, -0.25) is 9.59 Å². The molecule has 0 unspecified atom stereocenters. The molecule has 0 aliphatic heterocycles. The summed E-state index contributed by atoms with van der Waals surface area (Å²) in [5, 5.41) is 16.3. The van der Waals surface area contributed by atoms with Gasteiger partial charge in [-0.25, -0.2) is 4.79 Å². The lowest BCUT2D eigenvalue weighted by Gasteiger charge is -2.26. The first kappa shape index (κ1) is 27.1. The third-order valence-electron chi connectivity index (χ3n) is 5.68. The lowest BCUT2D eigenvalue weighted by molar-refractivity contribution is -0.143. The number of carboxylic acids is 1. The molecule has 194 valence electrons. The van der Waals surface area contributed by atoms with Crippen LogP contribution in [0.3, 0.4) is 0 Å². The summed E-state index contributed by atoms with van der Waals surface area (Å²) >= 11 is 5.80. The van der Waals surface area contributed by atoms with Gasteiger partial charge in [0.25, 0.3) is 5.91 Å². The molecule has 3 rings (SSSR count). The quantitative estimate of drug-likeness (QED) is 0.363. The van der Waals surface area contributed by atoms with Crippen molar-refractivity contribution in [2.75, 3.05) is 18.4 Å². The molecule has 36 heavy (non-hydrogen) atoms. The molecule has 0 saturated heterocycles. The maximum Gasteiger partial charge on any atom is 0.416 e. The molecule has 2 aromatic carbocycles. The number of benzene rings is 2. The van der Waals surface area contributed by atoms with Crippen molar-refractivity contribution in [3.63, 3.8) is 0 Å². The fourth-order valence-corrected chi connectivity index (χ4v) is 3.95. The standard InChI is InChI=1S/C24H25ClF3N3O5/c25-19-13-16(24(26,27)28)5-10-20(19)31-23(35)30-12-11-29-21(32)14-1-6-17(7-2-14)36-18-8-3-15(4-9-18)22(33)34/h1-2,5-7,10,13,15,18H,3-4,8-9,11-12H2,(H,29,32)(H,33,34)(H2,30,31,35). The lowest BCUT2D eigenvalue weighted by atomic mass is 9.87. The molecule has 1 aliphatic rings. The summed E-state index contributed by atoms with van der Waals surface area (Å²) in [5.74, 6) is -0.871. The highest BCUT2D eigenvalue weighted by Gasteiger charge is 2.31. The van der Waals surface area contributed by atoms with Crippen molar-refractivity contribution in [3.05, 3.63) is 58.6 Å². The van der Waals surface area contributed by atoms with Gasteiger partial charge in [-0.05, 0) is 68.1 Å². The van der Waals surface area contributed by atoms with Crippen LogP contribution in [0.2, 0.25) is 5.02 Å². The average Bonchev–Trinajstić information content (AvgIpc) is 2.83. The van der Waals surface area contributed by atoms with Gasteiger partial charge in [-0.2, -0.15) is 13.2 Å². The number of hydrogen-bond acceptors (Lipinski definition) is 4. The smallest absolute Gasteiger partial charge is 0.416 e. The molecular weight excluding hydrogens is 503 g/mol. The number of ether oxygens (including phenoxy) is 1. The van der Waals surface area contributed by atoms with Gasteiger partial charge in [-0.1, -0.05) is 11.6 Å². The van der Waals surface area contributed by atoms with E-state index in [9.17, 15) is 27.6 Å². The fourth-order valence-electron chi connectivity index (χ4n) is 3.72. The van der Waals surface area contributed by atoms with E-state index in [1.54, 1.807) is 24.3 Å². The zero-order valence-electron chi connectivity index (χ0n) is 19.0. The van der Waals surface area contributed by atoms with Gasteiger partial charge in [0.2, 0.25) is 0 Å². The molecule has 3 amide bonds. The number of alkyl halides is 3. The molecule has 0 atom stereocenters. The molecule has 0 bridgehead atoms. The van der Waals surface area contributed by atoms with Crippen LogP contribution < -0.4 is 20.7 Å². The molecule has 0 heterocycles. The minimum atomic E-state index is -4.54. The van der Waals surface area contributed by atoms with E-state index in [-0.39, 0.29) is 41.7 Å². The van der Waals surface area contributed by atoms with Crippen LogP contribution in [0.5, 0.6) is 5.75 Å². The van der Waals surface area contributed by atoms with Gasteiger partial charge in [0.05, 0.1) is 28.3 Å². The summed E-state index contributed by atoms with van der Waals surface area (Å²) in [6.45, 7) is 0.175. The predicted molar refractivity (Wildman–Crippen MR) is 126 cm³/mol. The number of aliphatic carboxylic acids is 1. The zero-order chi connectivity index (χ0) is 26.3. The van der Waals surface area contributed by atoms with E-state index in [0.717, 1.165) is 18.2 Å². The number of anilines is 1. The normalized spacial score (nSPS) is 17.7. The first-order valence-corrected chi connectivity index (χ1v) is 11.6. The first-order chi connectivity index (χ1) is 17.0.